The van der Waals surface area contributed by atoms with E-state index in [-0.39, 0.29) is 28.8 Å². The van der Waals surface area contributed by atoms with E-state index in [9.17, 15) is 17.6 Å². The fourth-order valence-corrected chi connectivity index (χ4v) is 3.74. The van der Waals surface area contributed by atoms with E-state index in [1.54, 1.807) is 4.90 Å². The summed E-state index contributed by atoms with van der Waals surface area (Å²) in [4.78, 5) is 13.7. The quantitative estimate of drug-likeness (QED) is 0.874. The Bertz CT molecular complexity index is 673. The van der Waals surface area contributed by atoms with Gasteiger partial charge < -0.3 is 4.90 Å². The molecule has 0 aliphatic carbocycles. The van der Waals surface area contributed by atoms with Crippen molar-refractivity contribution in [2.24, 2.45) is 5.92 Å². The van der Waals surface area contributed by atoms with Gasteiger partial charge in [-0.15, -0.1) is 0 Å². The van der Waals surface area contributed by atoms with Gasteiger partial charge in [0.15, 0.2) is 0 Å². The Morgan fingerprint density at radius 1 is 1.39 bits per heavy atom. The molecule has 1 aliphatic rings. The number of carbonyl (C=O) groups is 1. The van der Waals surface area contributed by atoms with E-state index in [1.165, 1.54) is 0 Å². The van der Waals surface area contributed by atoms with Gasteiger partial charge in [0.25, 0.3) is 0 Å². The van der Waals surface area contributed by atoms with Crippen LogP contribution in [0.4, 0.5) is 4.39 Å². The second-order valence-electron chi connectivity index (χ2n) is 5.79. The Morgan fingerprint density at radius 3 is 2.65 bits per heavy atom. The van der Waals surface area contributed by atoms with Crippen molar-refractivity contribution in [3.8, 4) is 0 Å². The van der Waals surface area contributed by atoms with Gasteiger partial charge in [-0.05, 0) is 37.0 Å². The molecule has 1 aromatic carbocycles. The zero-order valence-electron chi connectivity index (χ0n) is 12.9. The molecule has 1 fully saturated rings. The van der Waals surface area contributed by atoms with Crippen LogP contribution < -0.4 is 4.72 Å². The maximum atomic E-state index is 13.1. The molecule has 1 aromatic rings. The molecule has 1 N–H and O–H groups in total. The minimum Gasteiger partial charge on any atom is -0.343 e. The van der Waals surface area contributed by atoms with Crippen molar-refractivity contribution >= 4 is 27.5 Å². The average Bonchev–Trinajstić information content (AvgIpc) is 2.50. The number of halogens is 2. The summed E-state index contributed by atoms with van der Waals surface area (Å²) in [5, 5.41) is -0.258. The lowest BCUT2D eigenvalue weighted by molar-refractivity contribution is -0.132. The molecule has 0 radical (unpaired) electrons. The highest BCUT2D eigenvalue weighted by molar-refractivity contribution is 7.89. The van der Waals surface area contributed by atoms with Crippen LogP contribution in [0.25, 0.3) is 0 Å². The molecule has 2 rings (SSSR count). The number of piperidine rings is 1. The van der Waals surface area contributed by atoms with E-state index in [4.69, 9.17) is 11.6 Å². The SMILES string of the molecule is CC1CCN(C(=O)CCNS(=O)(=O)c2ccc(F)c(Cl)c2)CC1. The molecule has 1 heterocycles. The van der Waals surface area contributed by atoms with Crippen LogP contribution in [-0.2, 0) is 14.8 Å². The first-order valence-corrected chi connectivity index (χ1v) is 9.38. The van der Waals surface area contributed by atoms with Crippen LogP contribution in [0, 0.1) is 11.7 Å². The second kappa shape index (κ2) is 7.59. The molecule has 0 bridgehead atoms. The predicted octanol–water partition coefficient (Wildman–Crippen LogP) is 2.41. The van der Waals surface area contributed by atoms with Crippen LogP contribution in [0.3, 0.4) is 0 Å². The van der Waals surface area contributed by atoms with Crippen LogP contribution >= 0.6 is 11.6 Å². The van der Waals surface area contributed by atoms with Gasteiger partial charge in [-0.1, -0.05) is 18.5 Å². The van der Waals surface area contributed by atoms with Gasteiger partial charge in [0, 0.05) is 26.1 Å². The summed E-state index contributed by atoms with van der Waals surface area (Å²) in [5.74, 6) is -0.113. The molecule has 0 unspecified atom stereocenters. The third-order valence-corrected chi connectivity index (χ3v) is 5.72. The van der Waals surface area contributed by atoms with Gasteiger partial charge in [0.05, 0.1) is 9.92 Å². The van der Waals surface area contributed by atoms with Crippen molar-refractivity contribution < 1.29 is 17.6 Å². The summed E-state index contributed by atoms with van der Waals surface area (Å²) < 4.78 is 39.6. The third-order valence-electron chi connectivity index (χ3n) is 3.97. The van der Waals surface area contributed by atoms with Crippen LogP contribution in [0.2, 0.25) is 5.02 Å². The van der Waals surface area contributed by atoms with Crippen molar-refractivity contribution in [1.82, 2.24) is 9.62 Å². The Balaban J connectivity index is 1.87. The van der Waals surface area contributed by atoms with E-state index in [0.29, 0.717) is 5.92 Å². The first-order chi connectivity index (χ1) is 10.8. The second-order valence-corrected chi connectivity index (χ2v) is 7.96. The van der Waals surface area contributed by atoms with Crippen molar-refractivity contribution in [3.63, 3.8) is 0 Å². The molecule has 0 saturated carbocycles. The van der Waals surface area contributed by atoms with Crippen molar-refractivity contribution in [1.29, 1.82) is 0 Å². The van der Waals surface area contributed by atoms with Crippen molar-refractivity contribution in [2.75, 3.05) is 19.6 Å². The molecule has 8 heteroatoms. The van der Waals surface area contributed by atoms with Gasteiger partial charge in [-0.3, -0.25) is 4.79 Å². The number of carbonyl (C=O) groups excluding carboxylic acids is 1. The first kappa shape index (κ1) is 18.2. The molecular weight excluding hydrogens is 343 g/mol. The maximum absolute atomic E-state index is 13.1. The Hall–Kier alpha value is -1.18. The summed E-state index contributed by atoms with van der Waals surface area (Å²) in [6, 6.07) is 3.18. The van der Waals surface area contributed by atoms with Crippen molar-refractivity contribution in [3.05, 3.63) is 29.0 Å². The van der Waals surface area contributed by atoms with Gasteiger partial charge in [0.1, 0.15) is 5.82 Å². The molecule has 1 aliphatic heterocycles. The number of rotatable bonds is 5. The molecule has 128 valence electrons. The number of hydrogen-bond acceptors (Lipinski definition) is 3. The number of likely N-dealkylation sites (tertiary alicyclic amines) is 1. The van der Waals surface area contributed by atoms with Gasteiger partial charge in [0.2, 0.25) is 15.9 Å². The minimum absolute atomic E-state index is 0.00220. The highest BCUT2D eigenvalue weighted by Crippen LogP contribution is 2.19. The predicted molar refractivity (Wildman–Crippen MR) is 86.2 cm³/mol. The third kappa shape index (κ3) is 4.89. The lowest BCUT2D eigenvalue weighted by atomic mass is 9.99. The lowest BCUT2D eigenvalue weighted by Crippen LogP contribution is -2.39. The summed E-state index contributed by atoms with van der Waals surface area (Å²) >= 11 is 5.59. The standard InChI is InChI=1S/C15H20ClFN2O3S/c1-11-5-8-19(9-6-11)15(20)4-7-18-23(21,22)12-2-3-14(17)13(16)10-12/h2-3,10-11,18H,4-9H2,1H3. The summed E-state index contributed by atoms with van der Waals surface area (Å²) in [7, 11) is -3.81. The molecule has 5 nitrogen and oxygen atoms in total. The topological polar surface area (TPSA) is 66.5 Å². The summed E-state index contributed by atoms with van der Waals surface area (Å²) in [6.07, 6.45) is 2.06. The van der Waals surface area contributed by atoms with E-state index in [1.807, 2.05) is 0 Å². The van der Waals surface area contributed by atoms with Gasteiger partial charge in [-0.25, -0.2) is 17.5 Å². The fourth-order valence-electron chi connectivity index (χ4n) is 2.44. The number of nitrogens with one attached hydrogen (secondary N) is 1. The zero-order valence-corrected chi connectivity index (χ0v) is 14.5. The molecule has 0 spiro atoms. The van der Waals surface area contributed by atoms with Gasteiger partial charge >= 0.3 is 0 Å². The van der Waals surface area contributed by atoms with E-state index in [0.717, 1.165) is 44.1 Å². The van der Waals surface area contributed by atoms with Crippen LogP contribution in [0.5, 0.6) is 0 Å². The van der Waals surface area contributed by atoms with E-state index in [2.05, 4.69) is 11.6 Å². The highest BCUT2D eigenvalue weighted by Gasteiger charge is 2.21. The largest absolute Gasteiger partial charge is 0.343 e. The smallest absolute Gasteiger partial charge is 0.240 e. The van der Waals surface area contributed by atoms with Crippen LogP contribution in [0.15, 0.2) is 23.1 Å². The number of amides is 1. The zero-order chi connectivity index (χ0) is 17.0. The molecule has 23 heavy (non-hydrogen) atoms. The molecular formula is C15H20ClFN2O3S. The maximum Gasteiger partial charge on any atom is 0.240 e. The van der Waals surface area contributed by atoms with E-state index >= 15 is 0 Å². The number of sulfonamides is 1. The first-order valence-electron chi connectivity index (χ1n) is 7.52. The van der Waals surface area contributed by atoms with Crippen LogP contribution in [0.1, 0.15) is 26.2 Å². The van der Waals surface area contributed by atoms with E-state index < -0.39 is 15.8 Å². The summed E-state index contributed by atoms with van der Waals surface area (Å²) in [5.41, 5.74) is 0. The van der Waals surface area contributed by atoms with Crippen LogP contribution in [-0.4, -0.2) is 38.9 Å². The molecule has 0 atom stereocenters. The number of nitrogens with zero attached hydrogens (tertiary/aromatic N) is 1. The Labute approximate surface area is 140 Å². The Morgan fingerprint density at radius 2 is 2.04 bits per heavy atom. The minimum atomic E-state index is -3.81. The highest BCUT2D eigenvalue weighted by atomic mass is 35.5. The Kier molecular flexibility index (Phi) is 6.00. The fraction of sp³-hybridized carbons (Fsp3) is 0.533. The molecule has 0 aromatic heterocycles. The monoisotopic (exact) mass is 362 g/mol. The normalized spacial score (nSPS) is 16.6. The average molecular weight is 363 g/mol. The number of hydrogen-bond donors (Lipinski definition) is 1. The molecule has 1 amide bonds. The molecule has 1 saturated heterocycles. The number of benzene rings is 1. The lowest BCUT2D eigenvalue weighted by Gasteiger charge is -2.30. The van der Waals surface area contributed by atoms with Gasteiger partial charge in [-0.2, -0.15) is 0 Å². The summed E-state index contributed by atoms with van der Waals surface area (Å²) in [6.45, 7) is 3.60. The van der Waals surface area contributed by atoms with Crippen molar-refractivity contribution in [2.45, 2.75) is 31.1 Å².